The highest BCUT2D eigenvalue weighted by Crippen LogP contribution is 2.36. The molecule has 0 amide bonds. The highest BCUT2D eigenvalue weighted by molar-refractivity contribution is 14.0. The van der Waals surface area contributed by atoms with Gasteiger partial charge >= 0.3 is 0 Å². The van der Waals surface area contributed by atoms with Gasteiger partial charge in [0.15, 0.2) is 5.96 Å². The average molecular weight is 544 g/mol. The Morgan fingerprint density at radius 2 is 2.20 bits per heavy atom. The van der Waals surface area contributed by atoms with E-state index in [1.165, 1.54) is 17.7 Å². The van der Waals surface area contributed by atoms with Crippen LogP contribution in [0.15, 0.2) is 40.8 Å². The second kappa shape index (κ2) is 13.1. The maximum atomic E-state index is 5.76. The highest BCUT2D eigenvalue weighted by atomic mass is 127. The molecule has 2 aromatic heterocycles. The first-order chi connectivity index (χ1) is 14.2. The van der Waals surface area contributed by atoms with Gasteiger partial charge in [0.1, 0.15) is 0 Å². The predicted octanol–water partition coefficient (Wildman–Crippen LogP) is 4.30. The number of thiophene rings is 1. The van der Waals surface area contributed by atoms with Gasteiger partial charge in [-0.1, -0.05) is 19.1 Å². The van der Waals surface area contributed by atoms with Crippen molar-refractivity contribution in [3.8, 4) is 5.88 Å². The minimum absolute atomic E-state index is 0. The first kappa shape index (κ1) is 24.9. The molecule has 1 fully saturated rings. The highest BCUT2D eigenvalue weighted by Gasteiger charge is 2.31. The van der Waals surface area contributed by atoms with E-state index in [-0.39, 0.29) is 24.0 Å². The van der Waals surface area contributed by atoms with Crippen LogP contribution in [0.5, 0.6) is 5.88 Å². The van der Waals surface area contributed by atoms with Gasteiger partial charge in [-0.15, -0.1) is 35.3 Å². The third kappa shape index (κ3) is 6.81. The van der Waals surface area contributed by atoms with Gasteiger partial charge < -0.3 is 15.4 Å². The molecule has 8 heteroatoms. The second-order valence-electron chi connectivity index (χ2n) is 7.47. The van der Waals surface area contributed by atoms with E-state index in [4.69, 9.17) is 4.74 Å². The number of ether oxygens (including phenoxy) is 1. The zero-order valence-electron chi connectivity index (χ0n) is 18.1. The summed E-state index contributed by atoms with van der Waals surface area (Å²) in [4.78, 5) is 12.7. The van der Waals surface area contributed by atoms with E-state index < -0.39 is 0 Å². The number of aromatic nitrogens is 1. The Morgan fingerprint density at radius 1 is 1.33 bits per heavy atom. The van der Waals surface area contributed by atoms with Gasteiger partial charge in [0.25, 0.3) is 0 Å². The molecular formula is C22H34IN5OS. The van der Waals surface area contributed by atoms with Crippen LogP contribution in [-0.4, -0.2) is 49.6 Å². The number of pyridine rings is 1. The van der Waals surface area contributed by atoms with E-state index >= 15 is 0 Å². The summed E-state index contributed by atoms with van der Waals surface area (Å²) in [5.41, 5.74) is 1.04. The van der Waals surface area contributed by atoms with Gasteiger partial charge in [0.05, 0.1) is 6.61 Å². The summed E-state index contributed by atoms with van der Waals surface area (Å²) in [6, 6.07) is 8.87. The molecule has 30 heavy (non-hydrogen) atoms. The lowest BCUT2D eigenvalue weighted by Gasteiger charge is -2.39. The van der Waals surface area contributed by atoms with E-state index in [1.807, 2.05) is 30.5 Å². The van der Waals surface area contributed by atoms with Crippen LogP contribution in [-0.2, 0) is 6.54 Å². The molecule has 0 radical (unpaired) electrons. The SMILES string of the molecule is CCCOc1ncccc1CNC(=NC)NCC1CCCN(C)C1c1cccs1.I. The standard InChI is InChI=1S/C22H33N5OS.HI/c1-4-13-28-21-18(8-5-11-24-21)16-26-22(23-2)25-15-17-9-6-12-27(3)20(17)19-10-7-14-29-19;/h5,7-8,10-11,14,17,20H,4,6,9,12-13,15-16H2,1-3H3,(H2,23,25,26);1H. The summed E-state index contributed by atoms with van der Waals surface area (Å²) in [5, 5.41) is 9.13. The third-order valence-electron chi connectivity index (χ3n) is 5.34. The summed E-state index contributed by atoms with van der Waals surface area (Å²) in [6.45, 7) is 5.47. The van der Waals surface area contributed by atoms with Crippen LogP contribution in [0.3, 0.4) is 0 Å². The number of aliphatic imine (C=N–C) groups is 1. The Labute approximate surface area is 201 Å². The van der Waals surface area contributed by atoms with Crippen molar-refractivity contribution in [2.45, 2.75) is 38.8 Å². The van der Waals surface area contributed by atoms with Crippen LogP contribution in [0.1, 0.15) is 42.7 Å². The molecule has 166 valence electrons. The lowest BCUT2D eigenvalue weighted by Crippen LogP contribution is -2.44. The molecule has 0 aromatic carbocycles. The van der Waals surface area contributed by atoms with Gasteiger partial charge in [-0.05, 0) is 56.3 Å². The maximum Gasteiger partial charge on any atom is 0.218 e. The summed E-state index contributed by atoms with van der Waals surface area (Å²) in [6.07, 6.45) is 5.21. The van der Waals surface area contributed by atoms with Crippen molar-refractivity contribution in [2.75, 3.05) is 33.8 Å². The number of hydrogen-bond acceptors (Lipinski definition) is 5. The van der Waals surface area contributed by atoms with Crippen LogP contribution in [0.25, 0.3) is 0 Å². The van der Waals surface area contributed by atoms with Gasteiger partial charge in [-0.3, -0.25) is 9.89 Å². The van der Waals surface area contributed by atoms with E-state index in [9.17, 15) is 0 Å². The van der Waals surface area contributed by atoms with E-state index in [1.54, 1.807) is 6.20 Å². The fourth-order valence-corrected chi connectivity index (χ4v) is 4.88. The first-order valence-corrected chi connectivity index (χ1v) is 11.4. The van der Waals surface area contributed by atoms with E-state index in [2.05, 4.69) is 57.0 Å². The Balaban J connectivity index is 0.00000320. The average Bonchev–Trinajstić information content (AvgIpc) is 3.27. The van der Waals surface area contributed by atoms with Crippen LogP contribution in [0.2, 0.25) is 0 Å². The quantitative estimate of drug-likeness (QED) is 0.296. The topological polar surface area (TPSA) is 61.8 Å². The molecule has 1 aliphatic rings. The summed E-state index contributed by atoms with van der Waals surface area (Å²) < 4.78 is 5.76. The molecule has 2 unspecified atom stereocenters. The van der Waals surface area contributed by atoms with Crippen LogP contribution >= 0.6 is 35.3 Å². The number of likely N-dealkylation sites (tertiary alicyclic amines) is 1. The third-order valence-corrected chi connectivity index (χ3v) is 6.28. The Bertz CT molecular complexity index is 771. The fourth-order valence-electron chi connectivity index (χ4n) is 3.90. The van der Waals surface area contributed by atoms with Gasteiger partial charge in [0.2, 0.25) is 5.88 Å². The Hall–Kier alpha value is -1.39. The largest absolute Gasteiger partial charge is 0.477 e. The molecule has 0 spiro atoms. The minimum Gasteiger partial charge on any atom is -0.477 e. The molecule has 6 nitrogen and oxygen atoms in total. The number of nitrogens with zero attached hydrogens (tertiary/aromatic N) is 3. The normalized spacial score (nSPS) is 19.8. The Morgan fingerprint density at radius 3 is 2.93 bits per heavy atom. The number of piperidine rings is 1. The van der Waals surface area contributed by atoms with Crippen molar-refractivity contribution in [2.24, 2.45) is 10.9 Å². The van der Waals surface area contributed by atoms with Crippen molar-refractivity contribution in [1.82, 2.24) is 20.5 Å². The van der Waals surface area contributed by atoms with Crippen molar-refractivity contribution in [3.05, 3.63) is 46.3 Å². The van der Waals surface area contributed by atoms with Crippen molar-refractivity contribution in [3.63, 3.8) is 0 Å². The van der Waals surface area contributed by atoms with Gasteiger partial charge in [-0.25, -0.2) is 4.98 Å². The van der Waals surface area contributed by atoms with E-state index in [0.29, 0.717) is 31.0 Å². The zero-order chi connectivity index (χ0) is 20.5. The molecule has 2 atom stereocenters. The molecule has 1 saturated heterocycles. The predicted molar refractivity (Wildman–Crippen MR) is 136 cm³/mol. The number of halogens is 1. The molecule has 2 aromatic rings. The van der Waals surface area contributed by atoms with Crippen LogP contribution in [0.4, 0.5) is 0 Å². The monoisotopic (exact) mass is 543 g/mol. The van der Waals surface area contributed by atoms with Crippen LogP contribution < -0.4 is 15.4 Å². The molecular weight excluding hydrogens is 509 g/mol. The lowest BCUT2D eigenvalue weighted by molar-refractivity contribution is 0.125. The number of guanidine groups is 1. The summed E-state index contributed by atoms with van der Waals surface area (Å²) in [5.74, 6) is 2.07. The molecule has 0 bridgehead atoms. The zero-order valence-corrected chi connectivity index (χ0v) is 21.3. The van der Waals surface area contributed by atoms with Crippen molar-refractivity contribution < 1.29 is 4.74 Å². The first-order valence-electron chi connectivity index (χ1n) is 10.5. The van der Waals surface area contributed by atoms with Crippen molar-refractivity contribution >= 4 is 41.3 Å². The fraction of sp³-hybridized carbons (Fsp3) is 0.545. The van der Waals surface area contributed by atoms with Crippen molar-refractivity contribution in [1.29, 1.82) is 0 Å². The number of nitrogens with one attached hydrogen (secondary N) is 2. The van der Waals surface area contributed by atoms with Crippen LogP contribution in [0, 0.1) is 5.92 Å². The smallest absolute Gasteiger partial charge is 0.218 e. The number of rotatable bonds is 8. The maximum absolute atomic E-state index is 5.76. The van der Waals surface area contributed by atoms with Gasteiger partial charge in [0, 0.05) is 42.8 Å². The minimum atomic E-state index is 0. The molecule has 2 N–H and O–H groups in total. The summed E-state index contributed by atoms with van der Waals surface area (Å²) >= 11 is 1.86. The van der Waals surface area contributed by atoms with Gasteiger partial charge in [-0.2, -0.15) is 0 Å². The summed E-state index contributed by atoms with van der Waals surface area (Å²) in [7, 11) is 4.06. The lowest BCUT2D eigenvalue weighted by atomic mass is 9.88. The second-order valence-corrected chi connectivity index (χ2v) is 8.45. The molecule has 0 saturated carbocycles. The van der Waals surface area contributed by atoms with E-state index in [0.717, 1.165) is 31.0 Å². The molecule has 1 aliphatic heterocycles. The number of hydrogen-bond donors (Lipinski definition) is 2. The molecule has 3 rings (SSSR count). The molecule has 0 aliphatic carbocycles. The Kier molecular flexibility index (Phi) is 10.9. The molecule has 3 heterocycles.